The van der Waals surface area contributed by atoms with Crippen LogP contribution in [-0.4, -0.2) is 13.7 Å². The predicted octanol–water partition coefficient (Wildman–Crippen LogP) is 3.66. The summed E-state index contributed by atoms with van der Waals surface area (Å²) >= 11 is 7.41. The lowest BCUT2D eigenvalue weighted by molar-refractivity contribution is 1.08. The molecule has 3 rings (SSSR count). The highest BCUT2D eigenvalue weighted by Crippen LogP contribution is 2.30. The van der Waals surface area contributed by atoms with Crippen molar-refractivity contribution < 1.29 is 0 Å². The molecule has 96 valence electrons. The van der Waals surface area contributed by atoms with Gasteiger partial charge in [0.15, 0.2) is 0 Å². The van der Waals surface area contributed by atoms with Crippen molar-refractivity contribution in [1.29, 1.82) is 0 Å². The average molecular weight is 291 g/mol. The van der Waals surface area contributed by atoms with Gasteiger partial charge in [0.05, 0.1) is 22.4 Å². The second-order valence-electron chi connectivity index (χ2n) is 4.21. The fourth-order valence-corrected chi connectivity index (χ4v) is 2.62. The maximum atomic E-state index is 6.22. The van der Waals surface area contributed by atoms with Crippen molar-refractivity contribution in [2.45, 2.75) is 13.5 Å². The SMILES string of the molecule is Cc1ccncc1CNc1c(Cl)ccc2nsnc12. The predicted molar refractivity (Wildman–Crippen MR) is 78.7 cm³/mol. The van der Waals surface area contributed by atoms with Crippen molar-refractivity contribution in [3.63, 3.8) is 0 Å². The number of fused-ring (bicyclic) bond motifs is 1. The van der Waals surface area contributed by atoms with Gasteiger partial charge in [-0.25, -0.2) is 0 Å². The van der Waals surface area contributed by atoms with Crippen LogP contribution in [0.3, 0.4) is 0 Å². The lowest BCUT2D eigenvalue weighted by atomic mass is 10.1. The number of aromatic nitrogens is 3. The van der Waals surface area contributed by atoms with E-state index < -0.39 is 0 Å². The van der Waals surface area contributed by atoms with Crippen LogP contribution in [0.2, 0.25) is 5.02 Å². The molecule has 0 amide bonds. The number of nitrogens with zero attached hydrogens (tertiary/aromatic N) is 3. The molecular formula is C13H11ClN4S. The lowest BCUT2D eigenvalue weighted by Crippen LogP contribution is -2.03. The molecule has 0 aliphatic rings. The molecule has 1 N–H and O–H groups in total. The summed E-state index contributed by atoms with van der Waals surface area (Å²) in [5.74, 6) is 0. The Balaban J connectivity index is 1.92. The van der Waals surface area contributed by atoms with E-state index in [0.717, 1.165) is 22.3 Å². The van der Waals surface area contributed by atoms with Gasteiger partial charge >= 0.3 is 0 Å². The molecule has 2 aromatic heterocycles. The van der Waals surface area contributed by atoms with Crippen molar-refractivity contribution in [1.82, 2.24) is 13.7 Å². The van der Waals surface area contributed by atoms with E-state index >= 15 is 0 Å². The van der Waals surface area contributed by atoms with Gasteiger partial charge in [0.2, 0.25) is 0 Å². The van der Waals surface area contributed by atoms with E-state index in [1.165, 1.54) is 17.3 Å². The Bertz CT molecular complexity index is 725. The van der Waals surface area contributed by atoms with E-state index in [4.69, 9.17) is 11.6 Å². The second-order valence-corrected chi connectivity index (χ2v) is 5.15. The maximum absolute atomic E-state index is 6.22. The van der Waals surface area contributed by atoms with Crippen LogP contribution in [0.1, 0.15) is 11.1 Å². The van der Waals surface area contributed by atoms with E-state index in [2.05, 4.69) is 26.0 Å². The summed E-state index contributed by atoms with van der Waals surface area (Å²) in [5, 5.41) is 3.99. The largest absolute Gasteiger partial charge is 0.378 e. The van der Waals surface area contributed by atoms with Gasteiger partial charge in [-0.3, -0.25) is 4.98 Å². The van der Waals surface area contributed by atoms with Crippen LogP contribution in [0, 0.1) is 6.92 Å². The monoisotopic (exact) mass is 290 g/mol. The van der Waals surface area contributed by atoms with Gasteiger partial charge in [-0.05, 0) is 36.2 Å². The molecule has 6 heteroatoms. The molecule has 0 radical (unpaired) electrons. The molecule has 2 heterocycles. The first-order valence-corrected chi connectivity index (χ1v) is 6.90. The van der Waals surface area contributed by atoms with Crippen LogP contribution in [-0.2, 0) is 6.54 Å². The molecule has 3 aromatic rings. The number of nitrogens with one attached hydrogen (secondary N) is 1. The van der Waals surface area contributed by atoms with E-state index in [0.29, 0.717) is 11.6 Å². The summed E-state index contributed by atoms with van der Waals surface area (Å²) in [6.45, 7) is 2.72. The van der Waals surface area contributed by atoms with Crippen molar-refractivity contribution >= 4 is 40.0 Å². The fraction of sp³-hybridized carbons (Fsp3) is 0.154. The summed E-state index contributed by atoms with van der Waals surface area (Å²) in [4.78, 5) is 4.13. The molecule has 0 saturated heterocycles. The molecule has 0 saturated carbocycles. The first-order chi connectivity index (χ1) is 9.25. The summed E-state index contributed by atoms with van der Waals surface area (Å²) < 4.78 is 8.49. The van der Waals surface area contributed by atoms with Crippen LogP contribution in [0.4, 0.5) is 5.69 Å². The Hall–Kier alpha value is -1.72. The molecule has 1 aromatic carbocycles. The smallest absolute Gasteiger partial charge is 0.129 e. The van der Waals surface area contributed by atoms with Gasteiger partial charge < -0.3 is 5.32 Å². The quantitative estimate of drug-likeness (QED) is 0.800. The highest BCUT2D eigenvalue weighted by Gasteiger charge is 2.09. The lowest BCUT2D eigenvalue weighted by Gasteiger charge is -2.10. The van der Waals surface area contributed by atoms with Crippen LogP contribution in [0.25, 0.3) is 11.0 Å². The minimum atomic E-state index is 0.654. The Kier molecular flexibility index (Phi) is 3.31. The first kappa shape index (κ1) is 12.3. The maximum Gasteiger partial charge on any atom is 0.129 e. The van der Waals surface area contributed by atoms with Crippen molar-refractivity contribution in [2.24, 2.45) is 0 Å². The molecule has 19 heavy (non-hydrogen) atoms. The van der Waals surface area contributed by atoms with Crippen LogP contribution < -0.4 is 5.32 Å². The van der Waals surface area contributed by atoms with Crippen LogP contribution >= 0.6 is 23.3 Å². The molecule has 0 aliphatic heterocycles. The number of anilines is 1. The van der Waals surface area contributed by atoms with Gasteiger partial charge in [-0.15, -0.1) is 0 Å². The third-order valence-electron chi connectivity index (χ3n) is 2.98. The molecule has 0 atom stereocenters. The molecule has 0 fully saturated rings. The number of pyridine rings is 1. The zero-order chi connectivity index (χ0) is 13.2. The highest BCUT2D eigenvalue weighted by molar-refractivity contribution is 7.00. The Morgan fingerprint density at radius 3 is 3.00 bits per heavy atom. The standard InChI is InChI=1S/C13H11ClN4S/c1-8-4-5-15-6-9(8)7-16-12-10(14)2-3-11-13(12)18-19-17-11/h2-6,16H,7H2,1H3. The Morgan fingerprint density at radius 1 is 1.26 bits per heavy atom. The van der Waals surface area contributed by atoms with E-state index in [-0.39, 0.29) is 0 Å². The number of rotatable bonds is 3. The van der Waals surface area contributed by atoms with Gasteiger partial charge in [0.25, 0.3) is 0 Å². The number of hydrogen-bond donors (Lipinski definition) is 1. The molecule has 0 bridgehead atoms. The van der Waals surface area contributed by atoms with Gasteiger partial charge in [-0.1, -0.05) is 11.6 Å². The third kappa shape index (κ3) is 2.39. The summed E-state index contributed by atoms with van der Waals surface area (Å²) in [7, 11) is 0. The topological polar surface area (TPSA) is 50.7 Å². The first-order valence-electron chi connectivity index (χ1n) is 5.80. The molecule has 0 aliphatic carbocycles. The zero-order valence-electron chi connectivity index (χ0n) is 10.2. The van der Waals surface area contributed by atoms with Crippen molar-refractivity contribution in [3.05, 3.63) is 46.7 Å². The molecule has 0 spiro atoms. The fourth-order valence-electron chi connectivity index (χ4n) is 1.86. The van der Waals surface area contributed by atoms with E-state index in [9.17, 15) is 0 Å². The number of benzene rings is 1. The van der Waals surface area contributed by atoms with E-state index in [1.807, 2.05) is 24.4 Å². The van der Waals surface area contributed by atoms with Gasteiger partial charge in [0, 0.05) is 18.9 Å². The van der Waals surface area contributed by atoms with Crippen molar-refractivity contribution in [3.8, 4) is 0 Å². The Morgan fingerprint density at radius 2 is 2.16 bits per heavy atom. The normalized spacial score (nSPS) is 10.8. The number of aryl methyl sites for hydroxylation is 1. The minimum Gasteiger partial charge on any atom is -0.378 e. The summed E-state index contributed by atoms with van der Waals surface area (Å²) in [6, 6.07) is 5.70. The van der Waals surface area contributed by atoms with Gasteiger partial charge in [-0.2, -0.15) is 8.75 Å². The van der Waals surface area contributed by atoms with Crippen molar-refractivity contribution in [2.75, 3.05) is 5.32 Å². The number of hydrogen-bond acceptors (Lipinski definition) is 5. The minimum absolute atomic E-state index is 0.654. The molecule has 4 nitrogen and oxygen atoms in total. The summed E-state index contributed by atoms with van der Waals surface area (Å²) in [5.41, 5.74) is 4.84. The number of halogens is 1. The average Bonchev–Trinajstić information content (AvgIpc) is 2.88. The summed E-state index contributed by atoms with van der Waals surface area (Å²) in [6.07, 6.45) is 3.65. The highest BCUT2D eigenvalue weighted by atomic mass is 35.5. The third-order valence-corrected chi connectivity index (χ3v) is 3.84. The van der Waals surface area contributed by atoms with Crippen LogP contribution in [0.15, 0.2) is 30.6 Å². The van der Waals surface area contributed by atoms with E-state index in [1.54, 1.807) is 6.20 Å². The zero-order valence-corrected chi connectivity index (χ0v) is 11.8. The Labute approximate surface area is 119 Å². The molecular weight excluding hydrogens is 280 g/mol. The molecule has 0 unspecified atom stereocenters. The van der Waals surface area contributed by atoms with Gasteiger partial charge in [0.1, 0.15) is 11.0 Å². The van der Waals surface area contributed by atoms with Crippen LogP contribution in [0.5, 0.6) is 0 Å². The second kappa shape index (κ2) is 5.11.